The monoisotopic (exact) mass is 204 g/mol. The Kier molecular flexibility index (Phi) is 2.23. The molecule has 0 aliphatic carbocycles. The molecule has 2 rings (SSSR count). The minimum Gasteiger partial charge on any atom is -0.341 e. The van der Waals surface area contributed by atoms with E-state index in [1.165, 1.54) is 0 Å². The maximum Gasteiger partial charge on any atom is 0.177 e. The van der Waals surface area contributed by atoms with E-state index in [1.807, 2.05) is 33.0 Å². The van der Waals surface area contributed by atoms with Crippen molar-refractivity contribution in [3.8, 4) is 0 Å². The summed E-state index contributed by atoms with van der Waals surface area (Å²) >= 11 is 0. The molecule has 0 fully saturated rings. The number of nitrogens with one attached hydrogen (secondary N) is 1. The van der Waals surface area contributed by atoms with E-state index in [-0.39, 0.29) is 5.54 Å². The lowest BCUT2D eigenvalue weighted by atomic mass is 10.0. The highest BCUT2D eigenvalue weighted by molar-refractivity contribution is 5.70. The molecular weight excluding hydrogens is 188 g/mol. The molecule has 0 amide bonds. The third kappa shape index (κ3) is 2.33. The number of rotatable bonds is 2. The fraction of sp³-hybridized carbons (Fsp3) is 0.455. The summed E-state index contributed by atoms with van der Waals surface area (Å²) in [5, 5.41) is 0. The van der Waals surface area contributed by atoms with E-state index in [2.05, 4.69) is 15.0 Å². The molecule has 0 unspecified atom stereocenters. The van der Waals surface area contributed by atoms with Crippen molar-refractivity contribution < 1.29 is 0 Å². The summed E-state index contributed by atoms with van der Waals surface area (Å²) in [6.45, 7) is 5.98. The number of nitrogens with two attached hydrogens (primary N) is 1. The van der Waals surface area contributed by atoms with Crippen molar-refractivity contribution >= 4 is 11.2 Å². The fourth-order valence-electron chi connectivity index (χ4n) is 1.57. The van der Waals surface area contributed by atoms with Gasteiger partial charge in [-0.3, -0.25) is 0 Å². The van der Waals surface area contributed by atoms with Crippen LogP contribution in [0.3, 0.4) is 0 Å². The van der Waals surface area contributed by atoms with Gasteiger partial charge in [-0.05, 0) is 32.4 Å². The zero-order chi connectivity index (χ0) is 11.1. The van der Waals surface area contributed by atoms with Gasteiger partial charge in [-0.1, -0.05) is 0 Å². The van der Waals surface area contributed by atoms with Crippen LogP contribution in [0.1, 0.15) is 25.2 Å². The van der Waals surface area contributed by atoms with Crippen molar-refractivity contribution in [1.29, 1.82) is 0 Å². The first-order valence-corrected chi connectivity index (χ1v) is 5.04. The molecular formula is C11H16N4. The van der Waals surface area contributed by atoms with Crippen LogP contribution in [-0.2, 0) is 6.42 Å². The molecule has 2 aromatic rings. The van der Waals surface area contributed by atoms with Crippen molar-refractivity contribution in [2.75, 3.05) is 0 Å². The van der Waals surface area contributed by atoms with E-state index >= 15 is 0 Å². The Labute approximate surface area is 88.9 Å². The summed E-state index contributed by atoms with van der Waals surface area (Å²) < 4.78 is 0. The number of aromatic nitrogens is 3. The van der Waals surface area contributed by atoms with Crippen molar-refractivity contribution in [2.24, 2.45) is 5.73 Å². The van der Waals surface area contributed by atoms with Crippen LogP contribution in [0.4, 0.5) is 0 Å². The summed E-state index contributed by atoms with van der Waals surface area (Å²) in [7, 11) is 0. The zero-order valence-electron chi connectivity index (χ0n) is 9.33. The Bertz CT molecular complexity index is 479. The van der Waals surface area contributed by atoms with E-state index in [1.54, 1.807) is 0 Å². The van der Waals surface area contributed by atoms with Crippen LogP contribution in [0.25, 0.3) is 11.2 Å². The lowest BCUT2D eigenvalue weighted by Crippen LogP contribution is -2.34. The Morgan fingerprint density at radius 3 is 2.87 bits per heavy atom. The van der Waals surface area contributed by atoms with Crippen LogP contribution in [0.2, 0.25) is 0 Å². The van der Waals surface area contributed by atoms with E-state index in [0.29, 0.717) is 0 Å². The second-order valence-corrected chi connectivity index (χ2v) is 4.73. The number of hydrogen-bond donors (Lipinski definition) is 2. The quantitative estimate of drug-likeness (QED) is 0.779. The predicted molar refractivity (Wildman–Crippen MR) is 60.6 cm³/mol. The van der Waals surface area contributed by atoms with Gasteiger partial charge in [-0.25, -0.2) is 9.97 Å². The normalized spacial score (nSPS) is 12.3. The van der Waals surface area contributed by atoms with Gasteiger partial charge >= 0.3 is 0 Å². The molecule has 15 heavy (non-hydrogen) atoms. The molecule has 80 valence electrons. The molecule has 2 aromatic heterocycles. The van der Waals surface area contributed by atoms with Crippen molar-refractivity contribution in [2.45, 2.75) is 32.7 Å². The molecule has 0 bridgehead atoms. The highest BCUT2D eigenvalue weighted by Gasteiger charge is 2.14. The standard InChI is InChI=1S/C11H16N4/c1-7-4-8-10(13-6-7)15-9(14-8)5-11(2,3)12/h4,6H,5,12H2,1-3H3,(H,13,14,15). The molecule has 0 saturated heterocycles. The molecule has 0 atom stereocenters. The average molecular weight is 204 g/mol. The van der Waals surface area contributed by atoms with Crippen molar-refractivity contribution in [3.05, 3.63) is 23.7 Å². The van der Waals surface area contributed by atoms with E-state index < -0.39 is 0 Å². The Hall–Kier alpha value is -1.42. The van der Waals surface area contributed by atoms with Gasteiger partial charge in [0.05, 0.1) is 5.52 Å². The Morgan fingerprint density at radius 1 is 1.47 bits per heavy atom. The molecule has 0 aliphatic heterocycles. The minimum absolute atomic E-state index is 0.247. The first-order chi connectivity index (χ1) is 6.94. The van der Waals surface area contributed by atoms with E-state index in [9.17, 15) is 0 Å². The molecule has 0 aliphatic rings. The summed E-state index contributed by atoms with van der Waals surface area (Å²) in [6, 6.07) is 2.04. The van der Waals surface area contributed by atoms with Gasteiger partial charge in [-0.15, -0.1) is 0 Å². The molecule has 0 radical (unpaired) electrons. The molecule has 2 heterocycles. The first kappa shape index (κ1) is 10.1. The maximum absolute atomic E-state index is 5.94. The summed E-state index contributed by atoms with van der Waals surface area (Å²) in [6.07, 6.45) is 2.54. The number of nitrogens with zero attached hydrogens (tertiary/aromatic N) is 2. The number of pyridine rings is 1. The van der Waals surface area contributed by atoms with Crippen LogP contribution in [0, 0.1) is 6.92 Å². The second kappa shape index (κ2) is 3.31. The second-order valence-electron chi connectivity index (χ2n) is 4.73. The SMILES string of the molecule is Cc1cnc2nc(CC(C)(C)N)[nH]c2c1. The van der Waals surface area contributed by atoms with Gasteiger partial charge < -0.3 is 10.7 Å². The largest absolute Gasteiger partial charge is 0.341 e. The van der Waals surface area contributed by atoms with Gasteiger partial charge in [0.1, 0.15) is 5.82 Å². The third-order valence-corrected chi connectivity index (χ3v) is 2.15. The Morgan fingerprint density at radius 2 is 2.20 bits per heavy atom. The summed E-state index contributed by atoms with van der Waals surface area (Å²) in [4.78, 5) is 11.9. The molecule has 4 nitrogen and oxygen atoms in total. The molecule has 4 heteroatoms. The highest BCUT2D eigenvalue weighted by atomic mass is 15.0. The van der Waals surface area contributed by atoms with Crippen LogP contribution >= 0.6 is 0 Å². The van der Waals surface area contributed by atoms with Crippen LogP contribution in [0.15, 0.2) is 12.3 Å². The number of aromatic amines is 1. The van der Waals surface area contributed by atoms with Gasteiger partial charge in [0, 0.05) is 18.2 Å². The smallest absolute Gasteiger partial charge is 0.177 e. The molecule has 0 spiro atoms. The average Bonchev–Trinajstić information content (AvgIpc) is 2.42. The third-order valence-electron chi connectivity index (χ3n) is 2.15. The zero-order valence-corrected chi connectivity index (χ0v) is 9.33. The minimum atomic E-state index is -0.247. The number of hydrogen-bond acceptors (Lipinski definition) is 3. The molecule has 0 saturated carbocycles. The number of H-pyrrole nitrogens is 1. The van der Waals surface area contributed by atoms with E-state index in [0.717, 1.165) is 29.0 Å². The van der Waals surface area contributed by atoms with Crippen LogP contribution in [0.5, 0.6) is 0 Å². The fourth-order valence-corrected chi connectivity index (χ4v) is 1.57. The van der Waals surface area contributed by atoms with Gasteiger partial charge in [-0.2, -0.15) is 0 Å². The van der Waals surface area contributed by atoms with Crippen LogP contribution in [-0.4, -0.2) is 20.5 Å². The predicted octanol–water partition coefficient (Wildman–Crippen LogP) is 1.55. The van der Waals surface area contributed by atoms with E-state index in [4.69, 9.17) is 5.73 Å². The number of fused-ring (bicyclic) bond motifs is 1. The molecule has 3 N–H and O–H groups in total. The highest BCUT2D eigenvalue weighted by Crippen LogP contribution is 2.13. The number of imidazole rings is 1. The number of aryl methyl sites for hydroxylation is 1. The first-order valence-electron chi connectivity index (χ1n) is 5.04. The van der Waals surface area contributed by atoms with Crippen LogP contribution < -0.4 is 5.73 Å². The lowest BCUT2D eigenvalue weighted by molar-refractivity contribution is 0.505. The topological polar surface area (TPSA) is 67.6 Å². The summed E-state index contributed by atoms with van der Waals surface area (Å²) in [5.74, 6) is 0.899. The Balaban J connectivity index is 2.39. The summed E-state index contributed by atoms with van der Waals surface area (Å²) in [5.41, 5.74) is 8.57. The molecule has 0 aromatic carbocycles. The lowest BCUT2D eigenvalue weighted by Gasteiger charge is -2.15. The van der Waals surface area contributed by atoms with Gasteiger partial charge in [0.2, 0.25) is 0 Å². The van der Waals surface area contributed by atoms with Crippen molar-refractivity contribution in [1.82, 2.24) is 15.0 Å². The maximum atomic E-state index is 5.94. The van der Waals surface area contributed by atoms with Crippen molar-refractivity contribution in [3.63, 3.8) is 0 Å². The van der Waals surface area contributed by atoms with Gasteiger partial charge in [0.15, 0.2) is 5.65 Å². The van der Waals surface area contributed by atoms with Gasteiger partial charge in [0.25, 0.3) is 0 Å².